The Bertz CT molecular complexity index is 1620. The van der Waals surface area contributed by atoms with Crippen molar-refractivity contribution in [2.45, 2.75) is 62.3 Å². The lowest BCUT2D eigenvalue weighted by molar-refractivity contribution is -0.128. The van der Waals surface area contributed by atoms with Crippen LogP contribution < -0.4 is 15.1 Å². The monoisotopic (exact) mass is 717 g/mol. The SMILES string of the molecule is N#Cc1ccnc(N2C(=O)[C@@H](O)C[C@H]2C(=O)N(c2cccc(F)c2)[C@H](C(=O)NC2CCC(F)(F)CC2)c2ccccc2I)c1. The van der Waals surface area contributed by atoms with Crippen molar-refractivity contribution in [3.8, 4) is 6.07 Å². The molecule has 2 heterocycles. The zero-order valence-corrected chi connectivity index (χ0v) is 25.3. The molecule has 3 amide bonds. The third-order valence-electron chi connectivity index (χ3n) is 7.78. The van der Waals surface area contributed by atoms with Gasteiger partial charge in [-0.15, -0.1) is 0 Å². The summed E-state index contributed by atoms with van der Waals surface area (Å²) in [6, 6.07) is 13.1. The standard InChI is InChI=1S/C31H27F3IN5O4/c32-19-4-3-5-21(15-19)39(29(43)24-16-25(41)30(44)40(24)26-14-18(17-36)10-13-37-26)27(22-6-1-2-7-23(22)35)28(42)38-20-8-11-31(33,34)12-9-20/h1-7,10,13-15,20,24-25,27,41H,8-9,11-12,16H2,(H,38,42)/t24-,25-,27-/m0/s1. The fraction of sp³-hybridized carbons (Fsp3) is 0.323. The van der Waals surface area contributed by atoms with Gasteiger partial charge in [0.15, 0.2) is 0 Å². The van der Waals surface area contributed by atoms with Crippen LogP contribution in [0.15, 0.2) is 66.9 Å². The van der Waals surface area contributed by atoms with Gasteiger partial charge >= 0.3 is 0 Å². The molecule has 228 valence electrons. The van der Waals surface area contributed by atoms with Gasteiger partial charge in [-0.2, -0.15) is 5.26 Å². The number of anilines is 2. The van der Waals surface area contributed by atoms with Crippen LogP contribution in [0.2, 0.25) is 0 Å². The van der Waals surface area contributed by atoms with Gasteiger partial charge in [0.05, 0.1) is 11.6 Å². The van der Waals surface area contributed by atoms with E-state index in [0.717, 1.165) is 15.9 Å². The van der Waals surface area contributed by atoms with Crippen molar-refractivity contribution in [3.05, 3.63) is 87.4 Å². The number of hydrogen-bond donors (Lipinski definition) is 2. The second-order valence-corrected chi connectivity index (χ2v) is 11.9. The number of alkyl halides is 2. The molecule has 0 radical (unpaired) electrons. The minimum absolute atomic E-state index is 0.00231. The summed E-state index contributed by atoms with van der Waals surface area (Å²) in [7, 11) is 0. The molecule has 1 aromatic heterocycles. The van der Waals surface area contributed by atoms with Gasteiger partial charge in [0, 0.05) is 40.8 Å². The Balaban J connectivity index is 1.61. The predicted molar refractivity (Wildman–Crippen MR) is 162 cm³/mol. The molecule has 1 aliphatic heterocycles. The molecular weight excluding hydrogens is 690 g/mol. The van der Waals surface area contributed by atoms with Crippen molar-refractivity contribution < 1.29 is 32.7 Å². The van der Waals surface area contributed by atoms with Gasteiger partial charge < -0.3 is 10.4 Å². The molecule has 0 spiro atoms. The van der Waals surface area contributed by atoms with Gasteiger partial charge in [-0.05, 0) is 77.4 Å². The number of nitriles is 1. The van der Waals surface area contributed by atoms with Crippen LogP contribution in [0.1, 0.15) is 49.3 Å². The quantitative estimate of drug-likeness (QED) is 0.344. The Hall–Kier alpha value is -4.03. The molecule has 0 unspecified atom stereocenters. The van der Waals surface area contributed by atoms with Crippen molar-refractivity contribution in [1.29, 1.82) is 5.26 Å². The van der Waals surface area contributed by atoms with Crippen LogP contribution in [-0.4, -0.2) is 51.9 Å². The Morgan fingerprint density at radius 3 is 2.55 bits per heavy atom. The second-order valence-electron chi connectivity index (χ2n) is 10.7. The lowest BCUT2D eigenvalue weighted by atomic mass is 9.91. The van der Waals surface area contributed by atoms with Gasteiger partial charge in [0.25, 0.3) is 11.8 Å². The average Bonchev–Trinajstić information content (AvgIpc) is 3.30. The van der Waals surface area contributed by atoms with Gasteiger partial charge in [-0.1, -0.05) is 24.3 Å². The zero-order valence-electron chi connectivity index (χ0n) is 23.2. The van der Waals surface area contributed by atoms with E-state index in [0.29, 0.717) is 9.13 Å². The van der Waals surface area contributed by atoms with Crippen LogP contribution in [-0.2, 0) is 14.4 Å². The Morgan fingerprint density at radius 2 is 1.86 bits per heavy atom. The third-order valence-corrected chi connectivity index (χ3v) is 8.76. The summed E-state index contributed by atoms with van der Waals surface area (Å²) >= 11 is 2.01. The summed E-state index contributed by atoms with van der Waals surface area (Å²) in [6.07, 6.45) is -1.40. The Labute approximate surface area is 264 Å². The van der Waals surface area contributed by atoms with Crippen LogP contribution in [0.4, 0.5) is 24.7 Å². The van der Waals surface area contributed by atoms with E-state index >= 15 is 0 Å². The van der Waals surface area contributed by atoms with Crippen molar-refractivity contribution >= 4 is 51.8 Å². The number of hydrogen-bond acceptors (Lipinski definition) is 6. The number of rotatable bonds is 7. The van der Waals surface area contributed by atoms with Gasteiger partial charge in [0.1, 0.15) is 29.8 Å². The van der Waals surface area contributed by atoms with E-state index in [9.17, 15) is 37.9 Å². The maximum atomic E-state index is 14.7. The molecule has 9 nitrogen and oxygen atoms in total. The molecular formula is C31H27F3IN5O4. The fourth-order valence-electron chi connectivity index (χ4n) is 5.58. The summed E-state index contributed by atoms with van der Waals surface area (Å²) in [5.74, 6) is -5.90. The van der Waals surface area contributed by atoms with Crippen molar-refractivity contribution in [2.75, 3.05) is 9.80 Å². The van der Waals surface area contributed by atoms with Gasteiger partial charge in [-0.3, -0.25) is 24.2 Å². The highest BCUT2D eigenvalue weighted by Crippen LogP contribution is 2.37. The summed E-state index contributed by atoms with van der Waals surface area (Å²) in [6.45, 7) is 0. The zero-order chi connectivity index (χ0) is 31.6. The minimum atomic E-state index is -2.82. The fourth-order valence-corrected chi connectivity index (χ4v) is 6.27. The van der Waals surface area contributed by atoms with E-state index < -0.39 is 66.5 Å². The number of benzene rings is 2. The summed E-state index contributed by atoms with van der Waals surface area (Å²) in [4.78, 5) is 48.1. The first-order valence-corrected chi connectivity index (χ1v) is 15.0. The summed E-state index contributed by atoms with van der Waals surface area (Å²) in [5, 5.41) is 22.8. The maximum absolute atomic E-state index is 14.7. The molecule has 2 aliphatic rings. The molecule has 13 heteroatoms. The molecule has 2 N–H and O–H groups in total. The van der Waals surface area contributed by atoms with Crippen LogP contribution in [0, 0.1) is 20.7 Å². The van der Waals surface area contributed by atoms with Crippen molar-refractivity contribution in [1.82, 2.24) is 10.3 Å². The van der Waals surface area contributed by atoms with E-state index in [2.05, 4.69) is 10.3 Å². The smallest absolute Gasteiger partial charge is 0.257 e. The molecule has 5 rings (SSSR count). The van der Waals surface area contributed by atoms with Crippen LogP contribution in [0.5, 0.6) is 0 Å². The molecule has 2 aromatic carbocycles. The molecule has 1 saturated carbocycles. The molecule has 1 aliphatic carbocycles. The lowest BCUT2D eigenvalue weighted by Gasteiger charge is -2.37. The molecule has 0 bridgehead atoms. The molecule has 3 atom stereocenters. The number of aliphatic hydroxyl groups excluding tert-OH is 1. The molecule has 3 aromatic rings. The number of aromatic nitrogens is 1. The molecule has 2 fully saturated rings. The van der Waals surface area contributed by atoms with E-state index in [-0.39, 0.29) is 36.3 Å². The number of pyridine rings is 1. The number of aliphatic hydroxyl groups is 1. The maximum Gasteiger partial charge on any atom is 0.257 e. The predicted octanol–water partition coefficient (Wildman–Crippen LogP) is 4.63. The van der Waals surface area contributed by atoms with Gasteiger partial charge in [0.2, 0.25) is 11.8 Å². The average molecular weight is 717 g/mol. The number of amides is 3. The highest BCUT2D eigenvalue weighted by atomic mass is 127. The minimum Gasteiger partial charge on any atom is -0.383 e. The lowest BCUT2D eigenvalue weighted by Crippen LogP contribution is -2.53. The number of nitrogens with one attached hydrogen (secondary N) is 1. The normalized spacial score (nSPS) is 20.5. The number of nitrogens with zero attached hydrogens (tertiary/aromatic N) is 4. The van der Waals surface area contributed by atoms with Crippen LogP contribution in [0.3, 0.4) is 0 Å². The topological polar surface area (TPSA) is 127 Å². The number of carbonyl (C=O) groups excluding carboxylic acids is 3. The number of carbonyl (C=O) groups is 3. The highest BCUT2D eigenvalue weighted by molar-refractivity contribution is 14.1. The highest BCUT2D eigenvalue weighted by Gasteiger charge is 2.48. The van der Waals surface area contributed by atoms with E-state index in [4.69, 9.17) is 0 Å². The van der Waals surface area contributed by atoms with Crippen molar-refractivity contribution in [2.24, 2.45) is 0 Å². The van der Waals surface area contributed by atoms with Crippen molar-refractivity contribution in [3.63, 3.8) is 0 Å². The first-order valence-electron chi connectivity index (χ1n) is 13.9. The Kier molecular flexibility index (Phi) is 9.21. The summed E-state index contributed by atoms with van der Waals surface area (Å²) < 4.78 is 43.0. The van der Waals surface area contributed by atoms with Gasteiger partial charge in [-0.25, -0.2) is 18.2 Å². The number of halogens is 4. The van der Waals surface area contributed by atoms with E-state index in [1.165, 1.54) is 36.5 Å². The molecule has 1 saturated heterocycles. The molecule has 44 heavy (non-hydrogen) atoms. The van der Waals surface area contributed by atoms with Crippen LogP contribution in [0.25, 0.3) is 0 Å². The first-order chi connectivity index (χ1) is 21.0. The van der Waals surface area contributed by atoms with Crippen LogP contribution >= 0.6 is 22.6 Å². The second kappa shape index (κ2) is 12.9. The third kappa shape index (κ3) is 6.56. The first kappa shape index (κ1) is 31.4. The largest absolute Gasteiger partial charge is 0.383 e. The Morgan fingerprint density at radius 1 is 1.14 bits per heavy atom. The summed E-state index contributed by atoms with van der Waals surface area (Å²) in [5.41, 5.74) is 0.536. The van der Waals surface area contributed by atoms with E-state index in [1.54, 1.807) is 24.3 Å². The van der Waals surface area contributed by atoms with E-state index in [1.807, 2.05) is 28.7 Å².